The Hall–Kier alpha value is -3.74. The number of methoxy groups -OCH3 is 1. The first-order valence-electron chi connectivity index (χ1n) is 11.1. The van der Waals surface area contributed by atoms with Crippen LogP contribution in [0.3, 0.4) is 0 Å². The van der Waals surface area contributed by atoms with E-state index in [1.807, 2.05) is 75.4 Å². The van der Waals surface area contributed by atoms with Gasteiger partial charge in [-0.25, -0.2) is 0 Å². The number of benzene rings is 2. The van der Waals surface area contributed by atoms with Gasteiger partial charge >= 0.3 is 0 Å². The van der Waals surface area contributed by atoms with Crippen molar-refractivity contribution in [3.8, 4) is 17.2 Å². The Balaban J connectivity index is 1.54. The fourth-order valence-corrected chi connectivity index (χ4v) is 4.23. The second-order valence-electron chi connectivity index (χ2n) is 8.16. The van der Waals surface area contributed by atoms with Crippen LogP contribution in [0.1, 0.15) is 24.7 Å². The largest absolute Gasteiger partial charge is 0.497 e. The Kier molecular flexibility index (Phi) is 6.40. The molecular formula is C26H29N3O4. The maximum Gasteiger partial charge on any atom is 0.229 e. The van der Waals surface area contributed by atoms with Crippen molar-refractivity contribution in [2.45, 2.75) is 27.2 Å². The van der Waals surface area contributed by atoms with Gasteiger partial charge in [0.2, 0.25) is 11.8 Å². The van der Waals surface area contributed by atoms with Crippen LogP contribution in [-0.4, -0.2) is 36.6 Å². The fraction of sp³-hybridized carbons (Fsp3) is 0.308. The molecule has 0 unspecified atom stereocenters. The molecule has 7 heteroatoms. The Morgan fingerprint density at radius 3 is 2.33 bits per heavy atom. The van der Waals surface area contributed by atoms with E-state index < -0.39 is 5.92 Å². The quantitative estimate of drug-likeness (QED) is 0.579. The zero-order valence-electron chi connectivity index (χ0n) is 19.4. The lowest BCUT2D eigenvalue weighted by Crippen LogP contribution is -2.28. The number of rotatable bonds is 7. The van der Waals surface area contributed by atoms with Gasteiger partial charge in [-0.05, 0) is 69.3 Å². The van der Waals surface area contributed by atoms with Crippen molar-refractivity contribution in [1.82, 2.24) is 4.57 Å². The van der Waals surface area contributed by atoms with Crippen molar-refractivity contribution < 1.29 is 19.1 Å². The summed E-state index contributed by atoms with van der Waals surface area (Å²) in [7, 11) is 1.62. The highest BCUT2D eigenvalue weighted by Gasteiger charge is 2.35. The minimum absolute atomic E-state index is 0.0636. The molecule has 0 bridgehead atoms. The number of aromatic nitrogens is 1. The van der Waals surface area contributed by atoms with Crippen molar-refractivity contribution in [2.24, 2.45) is 5.92 Å². The van der Waals surface area contributed by atoms with E-state index in [0.29, 0.717) is 24.6 Å². The molecule has 1 aliphatic heterocycles. The summed E-state index contributed by atoms with van der Waals surface area (Å²) in [5.41, 5.74) is 4.37. The van der Waals surface area contributed by atoms with E-state index in [1.54, 1.807) is 12.0 Å². The highest BCUT2D eigenvalue weighted by Crippen LogP contribution is 2.31. The van der Waals surface area contributed by atoms with Crippen molar-refractivity contribution in [3.05, 3.63) is 66.0 Å². The second-order valence-corrected chi connectivity index (χ2v) is 8.16. The first kappa shape index (κ1) is 22.5. The van der Waals surface area contributed by atoms with Crippen molar-refractivity contribution in [1.29, 1.82) is 0 Å². The molecular weight excluding hydrogens is 418 g/mol. The van der Waals surface area contributed by atoms with Gasteiger partial charge in [-0.2, -0.15) is 0 Å². The van der Waals surface area contributed by atoms with Gasteiger partial charge in [-0.3, -0.25) is 9.59 Å². The van der Waals surface area contributed by atoms with E-state index in [2.05, 4.69) is 9.88 Å². The van der Waals surface area contributed by atoms with Gasteiger partial charge in [-0.1, -0.05) is 0 Å². The van der Waals surface area contributed by atoms with Crippen LogP contribution in [0.15, 0.2) is 54.6 Å². The molecule has 0 aliphatic carbocycles. The lowest BCUT2D eigenvalue weighted by atomic mass is 10.1. The fourth-order valence-electron chi connectivity index (χ4n) is 4.23. The van der Waals surface area contributed by atoms with E-state index in [0.717, 1.165) is 28.5 Å². The molecule has 7 nitrogen and oxygen atoms in total. The summed E-state index contributed by atoms with van der Waals surface area (Å²) in [6.45, 7) is 6.88. The van der Waals surface area contributed by atoms with E-state index in [1.165, 1.54) is 0 Å². The third-order valence-electron chi connectivity index (χ3n) is 5.93. The van der Waals surface area contributed by atoms with Crippen LogP contribution in [-0.2, 0) is 9.59 Å². The molecule has 1 fully saturated rings. The van der Waals surface area contributed by atoms with Crippen molar-refractivity contribution in [3.63, 3.8) is 0 Å². The highest BCUT2D eigenvalue weighted by molar-refractivity contribution is 6.04. The van der Waals surface area contributed by atoms with E-state index in [9.17, 15) is 9.59 Å². The summed E-state index contributed by atoms with van der Waals surface area (Å²) in [6, 6.07) is 17.0. The van der Waals surface area contributed by atoms with Gasteiger partial charge in [-0.15, -0.1) is 0 Å². The molecule has 172 valence electrons. The maximum absolute atomic E-state index is 13.2. The summed E-state index contributed by atoms with van der Waals surface area (Å²) in [6.07, 6.45) is 0.173. The molecule has 2 aromatic carbocycles. The first-order valence-corrected chi connectivity index (χ1v) is 11.1. The van der Waals surface area contributed by atoms with E-state index in [4.69, 9.17) is 9.47 Å². The first-order chi connectivity index (χ1) is 15.9. The lowest BCUT2D eigenvalue weighted by molar-refractivity contribution is -0.122. The topological polar surface area (TPSA) is 72.8 Å². The van der Waals surface area contributed by atoms with Gasteiger partial charge in [0.05, 0.1) is 31.0 Å². The number of carbonyl (C=O) groups excluding carboxylic acids is 2. The monoisotopic (exact) mass is 447 g/mol. The van der Waals surface area contributed by atoms with Crippen LogP contribution in [0.2, 0.25) is 0 Å². The number of ether oxygens (including phenoxy) is 2. The third-order valence-corrected chi connectivity index (χ3v) is 5.93. The second kappa shape index (κ2) is 9.40. The maximum atomic E-state index is 13.2. The number of carbonyl (C=O) groups is 2. The number of nitrogens with one attached hydrogen (secondary N) is 1. The molecule has 4 rings (SSSR count). The molecule has 1 atom stereocenters. The Morgan fingerprint density at radius 2 is 1.70 bits per heavy atom. The average Bonchev–Trinajstić information content (AvgIpc) is 3.36. The molecule has 1 saturated heterocycles. The molecule has 33 heavy (non-hydrogen) atoms. The molecule has 2 amide bonds. The summed E-state index contributed by atoms with van der Waals surface area (Å²) in [4.78, 5) is 27.5. The molecule has 0 radical (unpaired) electrons. The molecule has 1 aliphatic rings. The minimum Gasteiger partial charge on any atom is -0.497 e. The predicted octanol–water partition coefficient (Wildman–Crippen LogP) is 4.49. The van der Waals surface area contributed by atoms with Gasteiger partial charge < -0.3 is 24.3 Å². The molecule has 0 spiro atoms. The number of hydrogen-bond acceptors (Lipinski definition) is 4. The number of amides is 2. The summed E-state index contributed by atoms with van der Waals surface area (Å²) in [5.74, 6) is 0.779. The van der Waals surface area contributed by atoms with E-state index in [-0.39, 0.29) is 18.2 Å². The summed E-state index contributed by atoms with van der Waals surface area (Å²) >= 11 is 0. The van der Waals surface area contributed by atoms with Crippen LogP contribution < -0.4 is 19.7 Å². The number of nitrogens with zero attached hydrogens (tertiary/aromatic N) is 2. The van der Waals surface area contributed by atoms with Gasteiger partial charge in [0.25, 0.3) is 0 Å². The zero-order valence-corrected chi connectivity index (χ0v) is 19.4. The van der Waals surface area contributed by atoms with Crippen LogP contribution in [0, 0.1) is 19.8 Å². The van der Waals surface area contributed by atoms with Crippen LogP contribution >= 0.6 is 0 Å². The third kappa shape index (κ3) is 4.58. The Bertz CT molecular complexity index is 1150. The van der Waals surface area contributed by atoms with E-state index >= 15 is 0 Å². The lowest BCUT2D eigenvalue weighted by Gasteiger charge is -2.19. The average molecular weight is 448 g/mol. The molecule has 3 aromatic rings. The minimum atomic E-state index is -0.439. The number of aryl methyl sites for hydroxylation is 2. The SMILES string of the molecule is CCOc1ccc(N2C[C@@H](C(=O)Nc3ccc(OC)cc3-n3c(C)ccc3C)CC2=O)cc1. The Labute approximate surface area is 193 Å². The molecule has 1 N–H and O–H groups in total. The highest BCUT2D eigenvalue weighted by atomic mass is 16.5. The standard InChI is InChI=1S/C26H29N3O4/c1-5-33-21-10-8-20(9-11-21)28-16-19(14-25(28)30)26(31)27-23-13-12-22(32-4)15-24(23)29-17(2)6-7-18(29)3/h6-13,15,19H,5,14,16H2,1-4H3,(H,27,31)/t19-/m0/s1. The molecule has 1 aromatic heterocycles. The summed E-state index contributed by atoms with van der Waals surface area (Å²) in [5, 5.41) is 3.05. The number of anilines is 2. The van der Waals surface area contributed by atoms with Crippen LogP contribution in [0.25, 0.3) is 5.69 Å². The molecule has 2 heterocycles. The predicted molar refractivity (Wildman–Crippen MR) is 128 cm³/mol. The zero-order chi connectivity index (χ0) is 23.5. The van der Waals surface area contributed by atoms with Crippen molar-refractivity contribution in [2.75, 3.05) is 30.5 Å². The molecule has 0 saturated carbocycles. The number of hydrogen-bond donors (Lipinski definition) is 1. The van der Waals surface area contributed by atoms with Gasteiger partial charge in [0.15, 0.2) is 0 Å². The summed E-state index contributed by atoms with van der Waals surface area (Å²) < 4.78 is 13.0. The van der Waals surface area contributed by atoms with Gasteiger partial charge in [0.1, 0.15) is 11.5 Å². The van der Waals surface area contributed by atoms with Crippen molar-refractivity contribution >= 4 is 23.2 Å². The van der Waals surface area contributed by atoms with Crippen LogP contribution in [0.4, 0.5) is 11.4 Å². The smallest absolute Gasteiger partial charge is 0.229 e. The normalized spacial score (nSPS) is 15.6. The Morgan fingerprint density at radius 1 is 1.03 bits per heavy atom. The van der Waals surface area contributed by atoms with Gasteiger partial charge in [0, 0.05) is 36.1 Å². The van der Waals surface area contributed by atoms with Crippen LogP contribution in [0.5, 0.6) is 11.5 Å².